The van der Waals surface area contributed by atoms with Crippen LogP contribution in [0.1, 0.15) is 45.4 Å². The number of hydrogen-bond acceptors (Lipinski definition) is 2. The lowest BCUT2D eigenvalue weighted by Crippen LogP contribution is -2.28. The van der Waals surface area contributed by atoms with Crippen LogP contribution in [0, 0.1) is 28.6 Å². The Hall–Kier alpha value is -0.550. The van der Waals surface area contributed by atoms with Gasteiger partial charge in [-0.25, -0.2) is 0 Å². The molecule has 0 bridgehead atoms. The minimum Gasteiger partial charge on any atom is -0.316 e. The predicted molar refractivity (Wildman–Crippen MR) is 61.3 cm³/mol. The highest BCUT2D eigenvalue weighted by Gasteiger charge is 2.41. The molecule has 1 N–H and O–H groups in total. The zero-order chi connectivity index (χ0) is 10.7. The van der Waals surface area contributed by atoms with E-state index >= 15 is 0 Å². The van der Waals surface area contributed by atoms with Gasteiger partial charge in [0, 0.05) is 13.0 Å². The van der Waals surface area contributed by atoms with Gasteiger partial charge in [-0.1, -0.05) is 13.3 Å². The van der Waals surface area contributed by atoms with E-state index in [0.29, 0.717) is 5.41 Å². The van der Waals surface area contributed by atoms with E-state index < -0.39 is 0 Å². The first-order chi connectivity index (χ1) is 7.24. The van der Waals surface area contributed by atoms with Crippen molar-refractivity contribution in [3.05, 3.63) is 0 Å². The molecule has 2 saturated carbocycles. The third-order valence-electron chi connectivity index (χ3n) is 4.15. The fraction of sp³-hybridized carbons (Fsp3) is 0.923. The van der Waals surface area contributed by atoms with Crippen molar-refractivity contribution in [1.29, 1.82) is 5.26 Å². The summed E-state index contributed by atoms with van der Waals surface area (Å²) in [6, 6.07) is 2.32. The Bertz CT molecular complexity index is 250. The van der Waals surface area contributed by atoms with E-state index in [1.54, 1.807) is 0 Å². The first kappa shape index (κ1) is 11.0. The number of nitriles is 1. The summed E-state index contributed by atoms with van der Waals surface area (Å²) < 4.78 is 0. The molecule has 0 spiro atoms. The molecule has 2 nitrogen and oxygen atoms in total. The van der Waals surface area contributed by atoms with Crippen LogP contribution in [0.15, 0.2) is 0 Å². The second-order valence-corrected chi connectivity index (χ2v) is 5.75. The minimum atomic E-state index is 0.374. The van der Waals surface area contributed by atoms with Crippen molar-refractivity contribution in [1.82, 2.24) is 5.32 Å². The van der Waals surface area contributed by atoms with Crippen molar-refractivity contribution in [2.45, 2.75) is 45.4 Å². The van der Waals surface area contributed by atoms with Gasteiger partial charge in [-0.2, -0.15) is 5.26 Å². The zero-order valence-electron chi connectivity index (χ0n) is 9.76. The number of nitrogens with one attached hydrogen (secondary N) is 1. The van der Waals surface area contributed by atoms with E-state index in [1.807, 2.05) is 0 Å². The van der Waals surface area contributed by atoms with Gasteiger partial charge in [0.2, 0.25) is 0 Å². The van der Waals surface area contributed by atoms with Crippen LogP contribution in [0.4, 0.5) is 0 Å². The SMILES string of the molecule is CC1CCC(CNCC2(CC#N)CC2)C1. The van der Waals surface area contributed by atoms with E-state index in [9.17, 15) is 0 Å². The molecular weight excluding hydrogens is 184 g/mol. The molecule has 0 radical (unpaired) electrons. The number of rotatable bonds is 5. The average Bonchev–Trinajstić information content (AvgIpc) is 2.83. The van der Waals surface area contributed by atoms with Gasteiger partial charge in [-0.3, -0.25) is 0 Å². The number of hydrogen-bond donors (Lipinski definition) is 1. The third-order valence-corrected chi connectivity index (χ3v) is 4.15. The first-order valence-electron chi connectivity index (χ1n) is 6.32. The molecule has 2 atom stereocenters. The molecule has 0 aromatic carbocycles. The molecule has 2 heteroatoms. The van der Waals surface area contributed by atoms with Crippen LogP contribution >= 0.6 is 0 Å². The van der Waals surface area contributed by atoms with Gasteiger partial charge in [0.1, 0.15) is 0 Å². The van der Waals surface area contributed by atoms with E-state index in [2.05, 4.69) is 18.3 Å². The zero-order valence-corrected chi connectivity index (χ0v) is 9.76. The van der Waals surface area contributed by atoms with Crippen molar-refractivity contribution in [2.24, 2.45) is 17.3 Å². The van der Waals surface area contributed by atoms with Crippen LogP contribution in [0.5, 0.6) is 0 Å². The van der Waals surface area contributed by atoms with Crippen molar-refractivity contribution < 1.29 is 0 Å². The number of nitrogens with zero attached hydrogens (tertiary/aromatic N) is 1. The van der Waals surface area contributed by atoms with E-state index in [-0.39, 0.29) is 0 Å². The summed E-state index contributed by atoms with van der Waals surface area (Å²) in [6.07, 6.45) is 7.48. The minimum absolute atomic E-state index is 0.374. The van der Waals surface area contributed by atoms with Gasteiger partial charge in [-0.05, 0) is 49.5 Å². The molecule has 2 aliphatic rings. The Labute approximate surface area is 93.0 Å². The molecule has 0 heterocycles. The second-order valence-electron chi connectivity index (χ2n) is 5.75. The molecule has 2 unspecified atom stereocenters. The Morgan fingerprint density at radius 2 is 2.20 bits per heavy atom. The highest BCUT2D eigenvalue weighted by atomic mass is 14.9. The highest BCUT2D eigenvalue weighted by Crippen LogP contribution is 2.47. The summed E-state index contributed by atoms with van der Waals surface area (Å²) in [7, 11) is 0. The van der Waals surface area contributed by atoms with Gasteiger partial charge >= 0.3 is 0 Å². The van der Waals surface area contributed by atoms with E-state index in [1.165, 1.54) is 38.6 Å². The summed E-state index contributed by atoms with van der Waals surface area (Å²) in [4.78, 5) is 0. The molecule has 2 rings (SSSR count). The van der Waals surface area contributed by atoms with Crippen LogP contribution in [0.3, 0.4) is 0 Å². The highest BCUT2D eigenvalue weighted by molar-refractivity contribution is 5.00. The van der Waals surface area contributed by atoms with Crippen LogP contribution in [-0.4, -0.2) is 13.1 Å². The van der Waals surface area contributed by atoms with Gasteiger partial charge in [0.15, 0.2) is 0 Å². The molecule has 15 heavy (non-hydrogen) atoms. The van der Waals surface area contributed by atoms with Crippen molar-refractivity contribution in [3.63, 3.8) is 0 Å². The molecule has 0 aliphatic heterocycles. The monoisotopic (exact) mass is 206 g/mol. The van der Waals surface area contributed by atoms with Gasteiger partial charge in [-0.15, -0.1) is 0 Å². The summed E-state index contributed by atoms with van der Waals surface area (Å²) in [6.45, 7) is 4.61. The largest absolute Gasteiger partial charge is 0.316 e. The smallest absolute Gasteiger partial charge is 0.0628 e. The standard InChI is InChI=1S/C13H22N2/c1-11-2-3-12(8-11)9-15-10-13(4-5-13)6-7-14/h11-12,15H,2-6,8-10H2,1H3. The molecule has 0 amide bonds. The van der Waals surface area contributed by atoms with Gasteiger partial charge < -0.3 is 5.32 Å². The molecule has 0 saturated heterocycles. The Morgan fingerprint density at radius 3 is 2.73 bits per heavy atom. The Morgan fingerprint density at radius 1 is 1.40 bits per heavy atom. The van der Waals surface area contributed by atoms with Crippen molar-refractivity contribution >= 4 is 0 Å². The Kier molecular flexibility index (Phi) is 3.31. The van der Waals surface area contributed by atoms with Gasteiger partial charge in [0.05, 0.1) is 6.07 Å². The van der Waals surface area contributed by atoms with Crippen LogP contribution in [0.25, 0.3) is 0 Å². The lowest BCUT2D eigenvalue weighted by molar-refractivity contribution is 0.413. The molecule has 2 fully saturated rings. The maximum Gasteiger partial charge on any atom is 0.0628 e. The molecule has 84 valence electrons. The lowest BCUT2D eigenvalue weighted by Gasteiger charge is -2.15. The fourth-order valence-corrected chi connectivity index (χ4v) is 2.81. The maximum absolute atomic E-state index is 8.71. The second kappa shape index (κ2) is 4.53. The molecular formula is C13H22N2. The summed E-state index contributed by atoms with van der Waals surface area (Å²) in [5.41, 5.74) is 0.374. The van der Waals surface area contributed by atoms with Crippen LogP contribution < -0.4 is 5.32 Å². The first-order valence-corrected chi connectivity index (χ1v) is 6.32. The maximum atomic E-state index is 8.71. The summed E-state index contributed by atoms with van der Waals surface area (Å²) >= 11 is 0. The summed E-state index contributed by atoms with van der Waals surface area (Å²) in [5.74, 6) is 1.84. The normalized spacial score (nSPS) is 32.5. The fourth-order valence-electron chi connectivity index (χ4n) is 2.81. The quantitative estimate of drug-likeness (QED) is 0.750. The van der Waals surface area contributed by atoms with Crippen LogP contribution in [0.2, 0.25) is 0 Å². The average molecular weight is 206 g/mol. The predicted octanol–water partition coefficient (Wildman–Crippen LogP) is 2.71. The molecule has 0 aromatic rings. The molecule has 2 aliphatic carbocycles. The van der Waals surface area contributed by atoms with Crippen LogP contribution in [-0.2, 0) is 0 Å². The Balaban J connectivity index is 1.61. The van der Waals surface area contributed by atoms with Gasteiger partial charge in [0.25, 0.3) is 0 Å². The van der Waals surface area contributed by atoms with Crippen molar-refractivity contribution in [3.8, 4) is 6.07 Å². The molecule has 0 aromatic heterocycles. The van der Waals surface area contributed by atoms with E-state index in [4.69, 9.17) is 5.26 Å². The van der Waals surface area contributed by atoms with E-state index in [0.717, 1.165) is 24.8 Å². The lowest BCUT2D eigenvalue weighted by atomic mass is 10.0. The third kappa shape index (κ3) is 2.95. The topological polar surface area (TPSA) is 35.8 Å². The summed E-state index contributed by atoms with van der Waals surface area (Å²) in [5, 5.41) is 12.3. The van der Waals surface area contributed by atoms with Crippen molar-refractivity contribution in [2.75, 3.05) is 13.1 Å².